The number of carbonyl (C=O) groups excluding carboxylic acids is 1. The lowest BCUT2D eigenvalue weighted by molar-refractivity contribution is -0.143. The number of nitrogens with one attached hydrogen (secondary N) is 1. The highest BCUT2D eigenvalue weighted by Gasteiger charge is 2.37. The van der Waals surface area contributed by atoms with Gasteiger partial charge in [0.25, 0.3) is 5.91 Å². The molecule has 2 heterocycles. The fourth-order valence-corrected chi connectivity index (χ4v) is 2.78. The minimum atomic E-state index is -5.01. The van der Waals surface area contributed by atoms with E-state index < -0.39 is 35.1 Å². The fourth-order valence-electron chi connectivity index (χ4n) is 2.78. The van der Waals surface area contributed by atoms with E-state index in [0.717, 1.165) is 6.20 Å². The summed E-state index contributed by atoms with van der Waals surface area (Å²) in [4.78, 5) is 16.2. The Morgan fingerprint density at radius 1 is 1.00 bits per heavy atom. The second-order valence-corrected chi connectivity index (χ2v) is 6.56. The fraction of sp³-hybridized carbons (Fsp3) is 0.368. The van der Waals surface area contributed by atoms with Gasteiger partial charge in [0.05, 0.1) is 29.9 Å². The van der Waals surface area contributed by atoms with E-state index in [4.69, 9.17) is 9.47 Å². The Morgan fingerprint density at radius 2 is 1.60 bits per heavy atom. The van der Waals surface area contributed by atoms with Crippen LogP contribution in [0.2, 0.25) is 0 Å². The minimum absolute atomic E-state index is 0.0142. The van der Waals surface area contributed by atoms with E-state index in [1.807, 2.05) is 5.32 Å². The topological polar surface area (TPSA) is 60.5 Å². The molecule has 2 aromatic rings. The summed E-state index contributed by atoms with van der Waals surface area (Å²) in [7, 11) is 0. The van der Waals surface area contributed by atoms with Crippen LogP contribution in [0, 0.1) is 0 Å². The van der Waals surface area contributed by atoms with Crippen molar-refractivity contribution in [3.05, 3.63) is 53.2 Å². The number of hydrogen-bond donors (Lipinski definition) is 1. The average Bonchev–Trinajstić information content (AvgIpc) is 2.68. The van der Waals surface area contributed by atoms with Crippen molar-refractivity contribution >= 4 is 11.6 Å². The predicted octanol–water partition coefficient (Wildman–Crippen LogP) is 4.93. The van der Waals surface area contributed by atoms with Gasteiger partial charge in [-0.15, -0.1) is 0 Å². The lowest BCUT2D eigenvalue weighted by Gasteiger charge is -2.22. The van der Waals surface area contributed by atoms with E-state index in [-0.39, 0.29) is 23.6 Å². The van der Waals surface area contributed by atoms with E-state index in [2.05, 4.69) is 4.98 Å². The van der Waals surface area contributed by atoms with Gasteiger partial charge in [-0.3, -0.25) is 4.79 Å². The number of rotatable bonds is 4. The highest BCUT2D eigenvalue weighted by Crippen LogP contribution is 2.37. The van der Waals surface area contributed by atoms with E-state index >= 15 is 0 Å². The van der Waals surface area contributed by atoms with Crippen LogP contribution >= 0.6 is 0 Å². The molecule has 1 N–H and O–H groups in total. The highest BCUT2D eigenvalue weighted by atomic mass is 19.4. The first kappa shape index (κ1) is 21.9. The van der Waals surface area contributed by atoms with Gasteiger partial charge in [-0.1, -0.05) is 0 Å². The van der Waals surface area contributed by atoms with Crippen LogP contribution in [0.1, 0.15) is 34.3 Å². The van der Waals surface area contributed by atoms with Crippen LogP contribution in [-0.2, 0) is 17.1 Å². The van der Waals surface area contributed by atoms with Crippen LogP contribution in [0.15, 0.2) is 36.5 Å². The third-order valence-electron chi connectivity index (χ3n) is 4.30. The Morgan fingerprint density at radius 3 is 2.10 bits per heavy atom. The number of aromatic nitrogens is 1. The van der Waals surface area contributed by atoms with Gasteiger partial charge in [0.2, 0.25) is 5.88 Å². The van der Waals surface area contributed by atoms with Crippen molar-refractivity contribution in [2.24, 2.45) is 0 Å². The van der Waals surface area contributed by atoms with Crippen molar-refractivity contribution in [1.29, 1.82) is 0 Å². The molecule has 30 heavy (non-hydrogen) atoms. The molecule has 1 aromatic heterocycles. The van der Waals surface area contributed by atoms with E-state index in [1.165, 1.54) is 12.1 Å². The number of pyridine rings is 1. The number of halogens is 6. The average molecular weight is 434 g/mol. The van der Waals surface area contributed by atoms with Gasteiger partial charge in [-0.2, -0.15) is 26.3 Å². The Balaban J connectivity index is 1.74. The minimum Gasteiger partial charge on any atom is -0.474 e. The molecule has 1 saturated heterocycles. The van der Waals surface area contributed by atoms with Crippen molar-refractivity contribution in [2.75, 3.05) is 18.5 Å². The summed E-state index contributed by atoms with van der Waals surface area (Å²) in [5.74, 6) is -0.663. The molecule has 5 nitrogen and oxygen atoms in total. The van der Waals surface area contributed by atoms with Crippen LogP contribution in [0.25, 0.3) is 0 Å². The van der Waals surface area contributed by atoms with Crippen molar-refractivity contribution in [2.45, 2.75) is 31.3 Å². The number of hydrogen-bond acceptors (Lipinski definition) is 4. The van der Waals surface area contributed by atoms with Gasteiger partial charge < -0.3 is 14.8 Å². The molecule has 0 bridgehead atoms. The molecule has 11 heteroatoms. The molecule has 1 amide bonds. The van der Waals surface area contributed by atoms with Crippen LogP contribution in [-0.4, -0.2) is 30.2 Å². The van der Waals surface area contributed by atoms with Crippen molar-refractivity contribution in [1.82, 2.24) is 4.98 Å². The molecule has 1 aliphatic heterocycles. The number of anilines is 1. The maximum absolute atomic E-state index is 12.9. The first-order chi connectivity index (χ1) is 14.0. The van der Waals surface area contributed by atoms with Gasteiger partial charge in [0, 0.05) is 30.8 Å². The number of nitrogens with zero attached hydrogens (tertiary/aromatic N) is 1. The van der Waals surface area contributed by atoms with E-state index in [0.29, 0.717) is 38.2 Å². The monoisotopic (exact) mass is 434 g/mol. The molecule has 0 aliphatic carbocycles. The molecule has 1 aliphatic rings. The quantitative estimate of drug-likeness (QED) is 0.694. The lowest BCUT2D eigenvalue weighted by Crippen LogP contribution is -2.26. The molecule has 0 spiro atoms. The Labute approximate surface area is 167 Å². The molecule has 0 saturated carbocycles. The van der Waals surface area contributed by atoms with Crippen LogP contribution in [0.5, 0.6) is 5.88 Å². The first-order valence-electron chi connectivity index (χ1n) is 8.83. The van der Waals surface area contributed by atoms with Crippen LogP contribution in [0.3, 0.4) is 0 Å². The third-order valence-corrected chi connectivity index (χ3v) is 4.30. The molecule has 0 atom stereocenters. The predicted molar refractivity (Wildman–Crippen MR) is 93.1 cm³/mol. The number of carbonyl (C=O) groups is 1. The normalized spacial score (nSPS) is 15.7. The molecular weight excluding hydrogens is 418 g/mol. The largest absolute Gasteiger partial charge is 0.474 e. The number of benzene rings is 1. The zero-order chi connectivity index (χ0) is 21.9. The SMILES string of the molecule is O=C(Nc1cc(C(F)(F)F)cc(C(F)(F)F)c1)c1ccc(OC2CCOCC2)nc1. The van der Waals surface area contributed by atoms with Gasteiger partial charge in [0.15, 0.2) is 0 Å². The zero-order valence-electron chi connectivity index (χ0n) is 15.3. The Kier molecular flexibility index (Phi) is 6.20. The van der Waals surface area contributed by atoms with Crippen LogP contribution < -0.4 is 10.1 Å². The lowest BCUT2D eigenvalue weighted by atomic mass is 10.1. The number of alkyl halides is 6. The molecule has 1 fully saturated rings. The summed E-state index contributed by atoms with van der Waals surface area (Å²) < 4.78 is 88.4. The molecule has 3 rings (SSSR count). The van der Waals surface area contributed by atoms with Gasteiger partial charge >= 0.3 is 12.4 Å². The van der Waals surface area contributed by atoms with E-state index in [1.54, 1.807) is 0 Å². The summed E-state index contributed by atoms with van der Waals surface area (Å²) in [6.07, 6.45) is -7.61. The van der Waals surface area contributed by atoms with Gasteiger partial charge in [-0.05, 0) is 24.3 Å². The molecule has 1 aromatic carbocycles. The van der Waals surface area contributed by atoms with Crippen LogP contribution in [0.4, 0.5) is 32.0 Å². The Bertz CT molecular complexity index is 858. The highest BCUT2D eigenvalue weighted by molar-refractivity contribution is 6.04. The summed E-state index contributed by atoms with van der Waals surface area (Å²) in [5, 5.41) is 2.05. The molecule has 0 radical (unpaired) electrons. The summed E-state index contributed by atoms with van der Waals surface area (Å²) in [5.41, 5.74) is -3.73. The maximum atomic E-state index is 12.9. The Hall–Kier alpha value is -2.82. The van der Waals surface area contributed by atoms with Crippen molar-refractivity contribution in [3.63, 3.8) is 0 Å². The van der Waals surface area contributed by atoms with Crippen molar-refractivity contribution in [3.8, 4) is 5.88 Å². The third kappa shape index (κ3) is 5.62. The first-order valence-corrected chi connectivity index (χ1v) is 8.83. The molecule has 162 valence electrons. The van der Waals surface area contributed by atoms with Gasteiger partial charge in [-0.25, -0.2) is 4.98 Å². The smallest absolute Gasteiger partial charge is 0.416 e. The maximum Gasteiger partial charge on any atom is 0.416 e. The number of ether oxygens (including phenoxy) is 2. The molecule has 0 unspecified atom stereocenters. The zero-order valence-corrected chi connectivity index (χ0v) is 15.3. The second-order valence-electron chi connectivity index (χ2n) is 6.56. The number of amides is 1. The standard InChI is InChI=1S/C19H16F6N2O3/c20-18(21,22)12-7-13(19(23,24)25)9-14(8-12)27-17(28)11-1-2-16(26-10-11)30-15-3-5-29-6-4-15/h1-2,7-10,15H,3-6H2,(H,27,28). The second kappa shape index (κ2) is 8.50. The molecular formula is C19H16F6N2O3. The summed E-state index contributed by atoms with van der Waals surface area (Å²) in [6.45, 7) is 1.12. The van der Waals surface area contributed by atoms with Crippen molar-refractivity contribution < 1.29 is 40.6 Å². The summed E-state index contributed by atoms with van der Waals surface area (Å²) >= 11 is 0. The van der Waals surface area contributed by atoms with E-state index in [9.17, 15) is 31.1 Å². The summed E-state index contributed by atoms with van der Waals surface area (Å²) in [6, 6.07) is 3.57. The van der Waals surface area contributed by atoms with Gasteiger partial charge in [0.1, 0.15) is 6.10 Å².